The standard InChI is InChI=1S/C17H22P2S/c1-18(2)15-11-7-5-9-13(15)17(20)14-10-6-8-12-16(14)19(3)4/h5-12,17,20H,1-4H3. The van der Waals surface area contributed by atoms with Crippen molar-refractivity contribution < 1.29 is 0 Å². The molecule has 2 rings (SSSR count). The van der Waals surface area contributed by atoms with Crippen LogP contribution in [0.4, 0.5) is 0 Å². The van der Waals surface area contributed by atoms with Gasteiger partial charge in [0.2, 0.25) is 0 Å². The number of benzene rings is 2. The summed E-state index contributed by atoms with van der Waals surface area (Å²) in [7, 11) is -0.215. The number of hydrogen-bond acceptors (Lipinski definition) is 1. The summed E-state index contributed by atoms with van der Waals surface area (Å²) in [6, 6.07) is 17.5. The first-order chi connectivity index (χ1) is 9.52. The highest BCUT2D eigenvalue weighted by molar-refractivity contribution is 7.81. The molecule has 0 N–H and O–H groups in total. The monoisotopic (exact) mass is 320 g/mol. The molecule has 0 saturated carbocycles. The highest BCUT2D eigenvalue weighted by Gasteiger charge is 2.18. The lowest BCUT2D eigenvalue weighted by Crippen LogP contribution is -2.15. The Balaban J connectivity index is 2.50. The van der Waals surface area contributed by atoms with Gasteiger partial charge in [-0.15, -0.1) is 0 Å². The maximum Gasteiger partial charge on any atom is 0.0529 e. The van der Waals surface area contributed by atoms with Gasteiger partial charge in [0.15, 0.2) is 0 Å². The molecule has 0 aliphatic rings. The van der Waals surface area contributed by atoms with E-state index in [1.54, 1.807) is 0 Å². The Morgan fingerprint density at radius 3 is 1.40 bits per heavy atom. The van der Waals surface area contributed by atoms with Gasteiger partial charge in [-0.1, -0.05) is 64.4 Å². The lowest BCUT2D eigenvalue weighted by atomic mass is 10.0. The molecule has 3 heteroatoms. The molecule has 2 aromatic rings. The van der Waals surface area contributed by atoms with Crippen LogP contribution in [0.25, 0.3) is 0 Å². The maximum absolute atomic E-state index is 4.96. The van der Waals surface area contributed by atoms with Crippen molar-refractivity contribution in [3.63, 3.8) is 0 Å². The summed E-state index contributed by atoms with van der Waals surface area (Å²) in [5, 5.41) is 3.11. The van der Waals surface area contributed by atoms with Crippen molar-refractivity contribution in [1.29, 1.82) is 0 Å². The van der Waals surface area contributed by atoms with Crippen LogP contribution in [0.2, 0.25) is 0 Å². The Morgan fingerprint density at radius 2 is 1.05 bits per heavy atom. The van der Waals surface area contributed by atoms with Crippen LogP contribution >= 0.6 is 28.5 Å². The van der Waals surface area contributed by atoms with Crippen LogP contribution in [0.15, 0.2) is 48.5 Å². The van der Waals surface area contributed by atoms with Gasteiger partial charge in [0.1, 0.15) is 0 Å². The highest BCUT2D eigenvalue weighted by atomic mass is 32.1. The molecule has 0 bridgehead atoms. The predicted octanol–water partition coefficient (Wildman–Crippen LogP) is 4.44. The van der Waals surface area contributed by atoms with Gasteiger partial charge in [-0.3, -0.25) is 0 Å². The van der Waals surface area contributed by atoms with Gasteiger partial charge in [0, 0.05) is 0 Å². The zero-order chi connectivity index (χ0) is 14.7. The molecule has 0 heterocycles. The van der Waals surface area contributed by atoms with Crippen molar-refractivity contribution in [1.82, 2.24) is 0 Å². The summed E-state index contributed by atoms with van der Waals surface area (Å²) in [5.41, 5.74) is 2.74. The third-order valence-electron chi connectivity index (χ3n) is 3.43. The Hall–Kier alpha value is -0.350. The van der Waals surface area contributed by atoms with Crippen molar-refractivity contribution in [3.8, 4) is 0 Å². The first-order valence-electron chi connectivity index (χ1n) is 6.73. The van der Waals surface area contributed by atoms with E-state index in [2.05, 4.69) is 75.2 Å². The highest BCUT2D eigenvalue weighted by Crippen LogP contribution is 2.36. The molecule has 2 aromatic carbocycles. The SMILES string of the molecule is CP(C)c1ccccc1C(S)c1ccccc1P(C)C. The minimum absolute atomic E-state index is 0.108. The number of hydrogen-bond donors (Lipinski definition) is 1. The second-order valence-electron chi connectivity index (χ2n) is 5.31. The van der Waals surface area contributed by atoms with Gasteiger partial charge in [-0.25, -0.2) is 0 Å². The molecular formula is C17H22P2S. The van der Waals surface area contributed by atoms with Crippen LogP contribution in [0.5, 0.6) is 0 Å². The van der Waals surface area contributed by atoms with E-state index >= 15 is 0 Å². The molecule has 106 valence electrons. The fourth-order valence-electron chi connectivity index (χ4n) is 2.42. The second kappa shape index (κ2) is 7.08. The number of thiol groups is 1. The van der Waals surface area contributed by atoms with Crippen molar-refractivity contribution in [2.75, 3.05) is 26.7 Å². The van der Waals surface area contributed by atoms with Crippen LogP contribution in [-0.2, 0) is 0 Å². The molecule has 0 nitrogen and oxygen atoms in total. The van der Waals surface area contributed by atoms with Crippen LogP contribution < -0.4 is 10.6 Å². The van der Waals surface area contributed by atoms with E-state index in [4.69, 9.17) is 12.6 Å². The minimum Gasteiger partial charge on any atom is -0.166 e. The summed E-state index contributed by atoms with van der Waals surface area (Å²) in [6.45, 7) is 9.25. The lowest BCUT2D eigenvalue weighted by Gasteiger charge is -2.22. The zero-order valence-corrected chi connectivity index (χ0v) is 15.2. The third-order valence-corrected chi connectivity index (χ3v) is 6.72. The molecular weight excluding hydrogens is 298 g/mol. The molecule has 0 aliphatic carbocycles. The normalized spacial score (nSPS) is 11.6. The molecule has 0 unspecified atom stereocenters. The molecule has 20 heavy (non-hydrogen) atoms. The Morgan fingerprint density at radius 1 is 0.700 bits per heavy atom. The summed E-state index contributed by atoms with van der Waals surface area (Å²) in [4.78, 5) is 0. The van der Waals surface area contributed by atoms with Gasteiger partial charge >= 0.3 is 0 Å². The fourth-order valence-corrected chi connectivity index (χ4v) is 5.28. The second-order valence-corrected chi connectivity index (χ2v) is 10.4. The minimum atomic E-state index is -0.108. The van der Waals surface area contributed by atoms with Gasteiger partial charge in [-0.2, -0.15) is 12.6 Å². The lowest BCUT2D eigenvalue weighted by molar-refractivity contribution is 1.20. The summed E-state index contributed by atoms with van der Waals surface area (Å²) >= 11 is 4.96. The van der Waals surface area contributed by atoms with Crippen LogP contribution in [-0.4, -0.2) is 26.7 Å². The molecule has 0 aliphatic heterocycles. The molecule has 0 saturated heterocycles. The van der Waals surface area contributed by atoms with Gasteiger partial charge in [-0.05, 0) is 48.4 Å². The average molecular weight is 320 g/mol. The fraction of sp³-hybridized carbons (Fsp3) is 0.294. The Labute approximate surface area is 130 Å². The van der Waals surface area contributed by atoms with E-state index in [1.165, 1.54) is 21.7 Å². The van der Waals surface area contributed by atoms with Crippen molar-refractivity contribution in [3.05, 3.63) is 59.7 Å². The van der Waals surface area contributed by atoms with Crippen molar-refractivity contribution in [2.24, 2.45) is 0 Å². The topological polar surface area (TPSA) is 0 Å². The summed E-state index contributed by atoms with van der Waals surface area (Å²) in [5.74, 6) is 0. The van der Waals surface area contributed by atoms with Crippen molar-refractivity contribution >= 4 is 39.1 Å². The van der Waals surface area contributed by atoms with E-state index in [0.29, 0.717) is 0 Å². The van der Waals surface area contributed by atoms with Gasteiger partial charge in [0.25, 0.3) is 0 Å². The number of rotatable bonds is 4. The average Bonchev–Trinajstić information content (AvgIpc) is 2.46. The van der Waals surface area contributed by atoms with E-state index < -0.39 is 0 Å². The largest absolute Gasteiger partial charge is 0.166 e. The first-order valence-corrected chi connectivity index (χ1v) is 11.7. The van der Waals surface area contributed by atoms with E-state index in [1.807, 2.05) is 0 Å². The van der Waals surface area contributed by atoms with Crippen LogP contribution in [0, 0.1) is 0 Å². The molecule has 0 amide bonds. The molecule has 0 fully saturated rings. The zero-order valence-electron chi connectivity index (χ0n) is 12.5. The maximum atomic E-state index is 4.96. The smallest absolute Gasteiger partial charge is 0.0529 e. The third kappa shape index (κ3) is 3.45. The van der Waals surface area contributed by atoms with Crippen LogP contribution in [0.1, 0.15) is 16.4 Å². The Kier molecular flexibility index (Phi) is 5.67. The van der Waals surface area contributed by atoms with Crippen molar-refractivity contribution in [2.45, 2.75) is 5.25 Å². The predicted molar refractivity (Wildman–Crippen MR) is 101 cm³/mol. The molecule has 0 atom stereocenters. The first kappa shape index (κ1) is 16.0. The summed E-state index contributed by atoms with van der Waals surface area (Å²) in [6.07, 6.45) is 0. The molecule has 0 spiro atoms. The van der Waals surface area contributed by atoms with E-state index in [0.717, 1.165) is 0 Å². The van der Waals surface area contributed by atoms with Gasteiger partial charge in [0.05, 0.1) is 5.25 Å². The summed E-state index contributed by atoms with van der Waals surface area (Å²) < 4.78 is 0. The Bertz CT molecular complexity index is 527. The van der Waals surface area contributed by atoms with Gasteiger partial charge < -0.3 is 0 Å². The van der Waals surface area contributed by atoms with E-state index in [-0.39, 0.29) is 21.1 Å². The van der Waals surface area contributed by atoms with Crippen LogP contribution in [0.3, 0.4) is 0 Å². The quantitative estimate of drug-likeness (QED) is 0.625. The molecule has 0 aromatic heterocycles. The van der Waals surface area contributed by atoms with E-state index in [9.17, 15) is 0 Å². The molecule has 0 radical (unpaired) electrons.